The fraction of sp³-hybridized carbons (Fsp3) is 0.214. The second kappa shape index (κ2) is 6.12. The summed E-state index contributed by atoms with van der Waals surface area (Å²) in [6.45, 7) is 0.682. The molecule has 0 aliphatic carbocycles. The Morgan fingerprint density at radius 2 is 1.95 bits per heavy atom. The van der Waals surface area contributed by atoms with E-state index in [1.165, 1.54) is 11.3 Å². The molecule has 0 aliphatic heterocycles. The molecule has 4 nitrogen and oxygen atoms in total. The standard InChI is InChI=1S/C14H14N2O2S/c1-17-13-6-3-10(7-14(13)18-2)16-9-12-5-4-11(8-15)19-12/h3-7,16H,9H2,1-2H3. The zero-order valence-electron chi connectivity index (χ0n) is 10.8. The average Bonchev–Trinajstić information content (AvgIpc) is 2.92. The lowest BCUT2D eigenvalue weighted by atomic mass is 10.2. The minimum atomic E-state index is 0.682. The van der Waals surface area contributed by atoms with Gasteiger partial charge in [0.1, 0.15) is 10.9 Å². The molecule has 0 amide bonds. The molecule has 0 bridgehead atoms. The summed E-state index contributed by atoms with van der Waals surface area (Å²) in [6.07, 6.45) is 0. The lowest BCUT2D eigenvalue weighted by molar-refractivity contribution is 0.355. The SMILES string of the molecule is COc1ccc(NCc2ccc(C#N)s2)cc1OC. The van der Waals surface area contributed by atoms with Crippen LogP contribution in [0.15, 0.2) is 30.3 Å². The van der Waals surface area contributed by atoms with Crippen molar-refractivity contribution in [2.75, 3.05) is 19.5 Å². The van der Waals surface area contributed by atoms with Crippen molar-refractivity contribution < 1.29 is 9.47 Å². The van der Waals surface area contributed by atoms with Crippen LogP contribution < -0.4 is 14.8 Å². The first kappa shape index (κ1) is 13.2. The van der Waals surface area contributed by atoms with Gasteiger partial charge in [-0.3, -0.25) is 0 Å². The van der Waals surface area contributed by atoms with E-state index in [1.54, 1.807) is 14.2 Å². The van der Waals surface area contributed by atoms with Crippen LogP contribution in [0.1, 0.15) is 9.75 Å². The van der Waals surface area contributed by atoms with Crippen LogP contribution in [0.5, 0.6) is 11.5 Å². The molecule has 0 saturated heterocycles. The molecule has 0 atom stereocenters. The summed E-state index contributed by atoms with van der Waals surface area (Å²) in [7, 11) is 3.22. The van der Waals surface area contributed by atoms with Crippen molar-refractivity contribution in [1.29, 1.82) is 5.26 Å². The molecule has 1 aromatic carbocycles. The highest BCUT2D eigenvalue weighted by Gasteiger charge is 2.05. The summed E-state index contributed by atoms with van der Waals surface area (Å²) in [5, 5.41) is 12.1. The van der Waals surface area contributed by atoms with Crippen LogP contribution in [0, 0.1) is 11.3 Å². The quantitative estimate of drug-likeness (QED) is 0.909. The molecular formula is C14H14N2O2S. The van der Waals surface area contributed by atoms with Gasteiger partial charge in [0.25, 0.3) is 0 Å². The molecule has 1 heterocycles. The normalized spacial score (nSPS) is 9.74. The fourth-order valence-electron chi connectivity index (χ4n) is 1.67. The Labute approximate surface area is 116 Å². The summed E-state index contributed by atoms with van der Waals surface area (Å²) in [4.78, 5) is 1.84. The topological polar surface area (TPSA) is 54.3 Å². The average molecular weight is 274 g/mol. The van der Waals surface area contributed by atoms with Crippen LogP contribution in [0.4, 0.5) is 5.69 Å². The first-order valence-corrected chi connectivity index (χ1v) is 6.53. The monoisotopic (exact) mass is 274 g/mol. The van der Waals surface area contributed by atoms with Gasteiger partial charge in [0.05, 0.1) is 14.2 Å². The molecule has 1 N–H and O–H groups in total. The minimum Gasteiger partial charge on any atom is -0.493 e. The van der Waals surface area contributed by atoms with Gasteiger partial charge in [-0.25, -0.2) is 0 Å². The Morgan fingerprint density at radius 1 is 1.16 bits per heavy atom. The van der Waals surface area contributed by atoms with Crippen molar-refractivity contribution >= 4 is 17.0 Å². The number of hydrogen-bond acceptors (Lipinski definition) is 5. The van der Waals surface area contributed by atoms with Crippen molar-refractivity contribution in [3.8, 4) is 17.6 Å². The summed E-state index contributed by atoms with van der Waals surface area (Å²) in [5.41, 5.74) is 0.949. The summed E-state index contributed by atoms with van der Waals surface area (Å²) in [5.74, 6) is 1.40. The van der Waals surface area contributed by atoms with Gasteiger partial charge in [0, 0.05) is 23.2 Å². The minimum absolute atomic E-state index is 0.682. The van der Waals surface area contributed by atoms with E-state index in [0.717, 1.165) is 15.4 Å². The first-order valence-electron chi connectivity index (χ1n) is 5.71. The van der Waals surface area contributed by atoms with Crippen molar-refractivity contribution in [1.82, 2.24) is 0 Å². The second-order valence-corrected chi connectivity index (χ2v) is 4.97. The van der Waals surface area contributed by atoms with Gasteiger partial charge >= 0.3 is 0 Å². The van der Waals surface area contributed by atoms with Crippen LogP contribution in [-0.4, -0.2) is 14.2 Å². The Hall–Kier alpha value is -2.19. The van der Waals surface area contributed by atoms with Crippen LogP contribution in [0.3, 0.4) is 0 Å². The van der Waals surface area contributed by atoms with Crippen molar-refractivity contribution in [3.63, 3.8) is 0 Å². The highest BCUT2D eigenvalue weighted by atomic mass is 32.1. The maximum Gasteiger partial charge on any atom is 0.162 e. The third kappa shape index (κ3) is 3.18. The van der Waals surface area contributed by atoms with Crippen molar-refractivity contribution in [3.05, 3.63) is 40.1 Å². The molecule has 2 rings (SSSR count). The highest BCUT2D eigenvalue weighted by molar-refractivity contribution is 7.12. The summed E-state index contributed by atoms with van der Waals surface area (Å²) >= 11 is 1.49. The van der Waals surface area contributed by atoms with E-state index >= 15 is 0 Å². The Kier molecular flexibility index (Phi) is 4.26. The maximum atomic E-state index is 8.77. The molecule has 98 valence electrons. The Balaban J connectivity index is 2.05. The number of hydrogen-bond donors (Lipinski definition) is 1. The fourth-order valence-corrected chi connectivity index (χ4v) is 2.41. The van der Waals surface area contributed by atoms with Crippen LogP contribution >= 0.6 is 11.3 Å². The number of nitrogens with zero attached hydrogens (tertiary/aromatic N) is 1. The van der Waals surface area contributed by atoms with Gasteiger partial charge in [-0.2, -0.15) is 5.26 Å². The molecule has 0 fully saturated rings. The largest absolute Gasteiger partial charge is 0.493 e. The predicted octanol–water partition coefficient (Wildman–Crippen LogP) is 3.25. The van der Waals surface area contributed by atoms with Crippen LogP contribution in [-0.2, 0) is 6.54 Å². The predicted molar refractivity (Wildman–Crippen MR) is 75.9 cm³/mol. The molecule has 2 aromatic rings. The van der Waals surface area contributed by atoms with Gasteiger partial charge in [-0.1, -0.05) is 0 Å². The van der Waals surface area contributed by atoms with E-state index in [9.17, 15) is 0 Å². The smallest absolute Gasteiger partial charge is 0.162 e. The molecular weight excluding hydrogens is 260 g/mol. The van der Waals surface area contributed by atoms with E-state index in [2.05, 4.69) is 11.4 Å². The number of methoxy groups -OCH3 is 2. The zero-order chi connectivity index (χ0) is 13.7. The molecule has 1 aromatic heterocycles. The summed E-state index contributed by atoms with van der Waals surface area (Å²) in [6, 6.07) is 11.6. The van der Waals surface area contributed by atoms with Gasteiger partial charge in [-0.05, 0) is 24.3 Å². The Bertz CT molecular complexity index is 602. The number of nitriles is 1. The number of anilines is 1. The van der Waals surface area contributed by atoms with Crippen LogP contribution in [0.2, 0.25) is 0 Å². The lowest BCUT2D eigenvalue weighted by Crippen LogP contribution is -1.98. The zero-order valence-corrected chi connectivity index (χ0v) is 11.6. The van der Waals surface area contributed by atoms with Gasteiger partial charge in [-0.15, -0.1) is 11.3 Å². The van der Waals surface area contributed by atoms with Crippen molar-refractivity contribution in [2.24, 2.45) is 0 Å². The molecule has 5 heteroatoms. The number of rotatable bonds is 5. The van der Waals surface area contributed by atoms with E-state index in [1.807, 2.05) is 30.3 Å². The second-order valence-electron chi connectivity index (χ2n) is 3.80. The van der Waals surface area contributed by atoms with Gasteiger partial charge in [0.2, 0.25) is 0 Å². The number of ether oxygens (including phenoxy) is 2. The van der Waals surface area contributed by atoms with Crippen molar-refractivity contribution in [2.45, 2.75) is 6.54 Å². The third-order valence-corrected chi connectivity index (χ3v) is 3.61. The Morgan fingerprint density at radius 3 is 2.58 bits per heavy atom. The highest BCUT2D eigenvalue weighted by Crippen LogP contribution is 2.30. The van der Waals surface area contributed by atoms with E-state index < -0.39 is 0 Å². The molecule has 0 unspecified atom stereocenters. The molecule has 19 heavy (non-hydrogen) atoms. The lowest BCUT2D eigenvalue weighted by Gasteiger charge is -2.10. The number of thiophene rings is 1. The molecule has 0 aliphatic rings. The van der Waals surface area contributed by atoms with E-state index in [-0.39, 0.29) is 0 Å². The molecule has 0 spiro atoms. The first-order chi connectivity index (χ1) is 9.26. The third-order valence-electron chi connectivity index (χ3n) is 2.62. The van der Waals surface area contributed by atoms with E-state index in [0.29, 0.717) is 18.0 Å². The number of nitrogens with one attached hydrogen (secondary N) is 1. The van der Waals surface area contributed by atoms with Crippen LogP contribution in [0.25, 0.3) is 0 Å². The van der Waals surface area contributed by atoms with E-state index in [4.69, 9.17) is 14.7 Å². The van der Waals surface area contributed by atoms with Gasteiger partial charge in [0.15, 0.2) is 11.5 Å². The molecule has 0 saturated carbocycles. The van der Waals surface area contributed by atoms with Gasteiger partial charge < -0.3 is 14.8 Å². The molecule has 0 radical (unpaired) electrons. The number of benzene rings is 1. The maximum absolute atomic E-state index is 8.77. The summed E-state index contributed by atoms with van der Waals surface area (Å²) < 4.78 is 10.4.